The van der Waals surface area contributed by atoms with Gasteiger partial charge in [-0.15, -0.1) is 0 Å². The maximum atomic E-state index is 13.8. The molecule has 1 aromatic heterocycles. The fraction of sp³-hybridized carbons (Fsp3) is 0.391. The second-order valence-corrected chi connectivity index (χ2v) is 9.83. The minimum Gasteiger partial charge on any atom is -0.462 e. The van der Waals surface area contributed by atoms with Crippen LogP contribution in [0.5, 0.6) is 0 Å². The first kappa shape index (κ1) is 27.9. The van der Waals surface area contributed by atoms with Crippen LogP contribution in [0.3, 0.4) is 0 Å². The molecule has 0 atom stereocenters. The molecule has 1 saturated heterocycles. The van der Waals surface area contributed by atoms with E-state index in [9.17, 15) is 40.8 Å². The van der Waals surface area contributed by atoms with Gasteiger partial charge in [-0.05, 0) is 38.0 Å². The monoisotopic (exact) mass is 542 g/mol. The number of amides is 1. The Morgan fingerprint density at radius 3 is 2.41 bits per heavy atom. The number of benzene rings is 1. The van der Waals surface area contributed by atoms with Crippen LogP contribution in [-0.2, 0) is 25.3 Å². The number of carbonyl (C=O) groups is 2. The van der Waals surface area contributed by atoms with E-state index >= 15 is 0 Å². The van der Waals surface area contributed by atoms with E-state index in [2.05, 4.69) is 4.98 Å². The van der Waals surface area contributed by atoms with E-state index < -0.39 is 68.5 Å². The SMILES string of the molecule is CCOC(=O)c1cc(C#N)c(N2CCC(C(=O)NS(=O)(=O)Cc3c(F)cccc3F)CC2)nc1C(F)F. The maximum absolute atomic E-state index is 13.8. The largest absolute Gasteiger partial charge is 0.462 e. The van der Waals surface area contributed by atoms with Gasteiger partial charge in [0.25, 0.3) is 6.43 Å². The lowest BCUT2D eigenvalue weighted by Crippen LogP contribution is -2.43. The number of rotatable bonds is 8. The molecule has 0 radical (unpaired) electrons. The number of sulfonamides is 1. The van der Waals surface area contributed by atoms with Crippen LogP contribution < -0.4 is 9.62 Å². The van der Waals surface area contributed by atoms with Crippen molar-refractivity contribution in [1.82, 2.24) is 9.71 Å². The number of ether oxygens (including phenoxy) is 1. The third-order valence-electron chi connectivity index (χ3n) is 5.67. The van der Waals surface area contributed by atoms with Crippen LogP contribution in [0, 0.1) is 28.9 Å². The molecule has 1 aromatic carbocycles. The lowest BCUT2D eigenvalue weighted by molar-refractivity contribution is -0.123. The van der Waals surface area contributed by atoms with Gasteiger partial charge in [-0.3, -0.25) is 9.52 Å². The molecular formula is C23H22F4N4O5S. The summed E-state index contributed by atoms with van der Waals surface area (Å²) in [6, 6.07) is 5.67. The van der Waals surface area contributed by atoms with Crippen LogP contribution >= 0.6 is 0 Å². The summed E-state index contributed by atoms with van der Waals surface area (Å²) in [4.78, 5) is 29.9. The molecule has 198 valence electrons. The van der Waals surface area contributed by atoms with E-state index in [4.69, 9.17) is 4.74 Å². The third-order valence-corrected chi connectivity index (χ3v) is 6.85. The number of pyridine rings is 1. The van der Waals surface area contributed by atoms with E-state index in [1.54, 1.807) is 0 Å². The van der Waals surface area contributed by atoms with Gasteiger partial charge in [0.1, 0.15) is 35.0 Å². The van der Waals surface area contributed by atoms with Gasteiger partial charge in [-0.25, -0.2) is 35.8 Å². The number of alkyl halides is 2. The zero-order valence-corrected chi connectivity index (χ0v) is 20.3. The van der Waals surface area contributed by atoms with Gasteiger partial charge in [0.15, 0.2) is 0 Å². The Balaban J connectivity index is 1.72. The smallest absolute Gasteiger partial charge is 0.340 e. The summed E-state index contributed by atoms with van der Waals surface area (Å²) >= 11 is 0. The molecule has 0 spiro atoms. The molecule has 9 nitrogen and oxygen atoms in total. The summed E-state index contributed by atoms with van der Waals surface area (Å²) in [7, 11) is -4.41. The molecule has 2 heterocycles. The number of nitrogens with one attached hydrogen (secondary N) is 1. The molecule has 1 aliphatic heterocycles. The summed E-state index contributed by atoms with van der Waals surface area (Å²) < 4.78 is 86.1. The zero-order chi connectivity index (χ0) is 27.3. The highest BCUT2D eigenvalue weighted by atomic mass is 32.2. The molecular weight excluding hydrogens is 520 g/mol. The van der Waals surface area contributed by atoms with E-state index in [1.807, 2.05) is 10.8 Å². The van der Waals surface area contributed by atoms with Crippen molar-refractivity contribution in [2.24, 2.45) is 5.92 Å². The fourth-order valence-corrected chi connectivity index (χ4v) is 5.07. The Morgan fingerprint density at radius 2 is 1.86 bits per heavy atom. The summed E-state index contributed by atoms with van der Waals surface area (Å²) in [5.41, 5.74) is -2.22. The van der Waals surface area contributed by atoms with Crippen molar-refractivity contribution in [2.75, 3.05) is 24.6 Å². The van der Waals surface area contributed by atoms with Crippen molar-refractivity contribution >= 4 is 27.7 Å². The number of piperidine rings is 1. The Hall–Kier alpha value is -3.73. The average Bonchev–Trinajstić information content (AvgIpc) is 2.85. The highest BCUT2D eigenvalue weighted by Gasteiger charge is 2.32. The van der Waals surface area contributed by atoms with Crippen LogP contribution in [-0.4, -0.2) is 45.0 Å². The molecule has 1 aliphatic rings. The number of aromatic nitrogens is 1. The summed E-state index contributed by atoms with van der Waals surface area (Å²) in [5.74, 6) is -6.04. The number of hydrogen-bond donors (Lipinski definition) is 1. The number of halogens is 4. The molecule has 0 aliphatic carbocycles. The molecule has 37 heavy (non-hydrogen) atoms. The van der Waals surface area contributed by atoms with Crippen molar-refractivity contribution in [3.8, 4) is 6.07 Å². The summed E-state index contributed by atoms with van der Waals surface area (Å²) in [5, 5.41) is 9.50. The van der Waals surface area contributed by atoms with Crippen LogP contribution in [0.15, 0.2) is 24.3 Å². The third kappa shape index (κ3) is 6.53. The van der Waals surface area contributed by atoms with E-state index in [0.29, 0.717) is 0 Å². The van der Waals surface area contributed by atoms with Crippen molar-refractivity contribution in [1.29, 1.82) is 5.26 Å². The molecule has 0 bridgehead atoms. The average molecular weight is 543 g/mol. The van der Waals surface area contributed by atoms with Gasteiger partial charge in [0, 0.05) is 24.6 Å². The second-order valence-electron chi connectivity index (χ2n) is 8.11. The number of nitriles is 1. The second kappa shape index (κ2) is 11.5. The number of esters is 1. The highest BCUT2D eigenvalue weighted by molar-refractivity contribution is 7.89. The number of nitrogens with zero attached hydrogens (tertiary/aromatic N) is 3. The summed E-state index contributed by atoms with van der Waals surface area (Å²) in [6.45, 7) is 1.55. The summed E-state index contributed by atoms with van der Waals surface area (Å²) in [6.07, 6.45) is -2.98. The Labute approximate surface area is 210 Å². The first-order valence-corrected chi connectivity index (χ1v) is 12.7. The van der Waals surface area contributed by atoms with Gasteiger partial charge in [0.05, 0.1) is 17.7 Å². The van der Waals surface area contributed by atoms with Gasteiger partial charge in [-0.2, -0.15) is 5.26 Å². The molecule has 1 N–H and O–H groups in total. The van der Waals surface area contributed by atoms with Crippen LogP contribution in [0.25, 0.3) is 0 Å². The maximum Gasteiger partial charge on any atom is 0.340 e. The standard InChI is InChI=1S/C23H22F4N4O5S/c1-2-36-23(33)15-10-14(11-28)21(29-19(15)20(26)27)31-8-6-13(7-9-31)22(32)30-37(34,35)12-16-17(24)4-3-5-18(16)25/h3-5,10,13,20H,2,6-9,12H2,1H3,(H,30,32). The molecule has 1 fully saturated rings. The predicted molar refractivity (Wildman–Crippen MR) is 122 cm³/mol. The van der Waals surface area contributed by atoms with Gasteiger partial charge < -0.3 is 9.64 Å². The molecule has 14 heteroatoms. The van der Waals surface area contributed by atoms with E-state index in [-0.39, 0.29) is 43.9 Å². The molecule has 3 rings (SSSR count). The molecule has 0 unspecified atom stereocenters. The van der Waals surface area contributed by atoms with Crippen LogP contribution in [0.2, 0.25) is 0 Å². The zero-order valence-electron chi connectivity index (χ0n) is 19.5. The van der Waals surface area contributed by atoms with Crippen LogP contribution in [0.4, 0.5) is 23.4 Å². The lowest BCUT2D eigenvalue weighted by atomic mass is 9.96. The quantitative estimate of drug-likeness (QED) is 0.398. The molecule has 0 saturated carbocycles. The normalized spacial score (nSPS) is 14.4. The Bertz CT molecular complexity index is 1320. The van der Waals surface area contributed by atoms with Crippen molar-refractivity contribution in [3.05, 3.63) is 58.3 Å². The highest BCUT2D eigenvalue weighted by Crippen LogP contribution is 2.30. The number of hydrogen-bond acceptors (Lipinski definition) is 8. The van der Waals surface area contributed by atoms with Crippen molar-refractivity contribution in [2.45, 2.75) is 31.9 Å². The van der Waals surface area contributed by atoms with Gasteiger partial charge in [0.2, 0.25) is 15.9 Å². The number of carbonyl (C=O) groups excluding carboxylic acids is 2. The van der Waals surface area contributed by atoms with E-state index in [1.165, 1.54) is 11.8 Å². The van der Waals surface area contributed by atoms with Crippen LogP contribution in [0.1, 0.15) is 53.4 Å². The van der Waals surface area contributed by atoms with Gasteiger partial charge >= 0.3 is 5.97 Å². The first-order chi connectivity index (χ1) is 17.5. The first-order valence-electron chi connectivity index (χ1n) is 11.1. The van der Waals surface area contributed by atoms with Crippen molar-refractivity contribution < 1.29 is 40.3 Å². The minimum absolute atomic E-state index is 0.0587. The molecule has 2 aromatic rings. The fourth-order valence-electron chi connectivity index (χ4n) is 3.87. The van der Waals surface area contributed by atoms with E-state index in [0.717, 1.165) is 24.3 Å². The topological polar surface area (TPSA) is 129 Å². The van der Waals surface area contributed by atoms with Gasteiger partial charge in [-0.1, -0.05) is 6.07 Å². The Kier molecular flexibility index (Phi) is 8.69. The molecule has 1 amide bonds. The van der Waals surface area contributed by atoms with Crippen molar-refractivity contribution in [3.63, 3.8) is 0 Å². The predicted octanol–water partition coefficient (Wildman–Crippen LogP) is 3.21. The Morgan fingerprint density at radius 1 is 1.24 bits per heavy atom. The lowest BCUT2D eigenvalue weighted by Gasteiger charge is -2.33. The minimum atomic E-state index is -4.41. The number of anilines is 1.